The van der Waals surface area contributed by atoms with Crippen LogP contribution >= 0.6 is 23.2 Å². The average molecular weight is 664 g/mol. The van der Waals surface area contributed by atoms with Gasteiger partial charge >= 0.3 is 6.03 Å². The lowest BCUT2D eigenvalue weighted by Gasteiger charge is -2.39. The maximum atomic E-state index is 14.8. The van der Waals surface area contributed by atoms with Gasteiger partial charge in [-0.1, -0.05) is 95.1 Å². The molecule has 2 aliphatic rings. The third-order valence-corrected chi connectivity index (χ3v) is 9.41. The number of halogens is 2. The molecule has 5 rings (SSSR count). The summed E-state index contributed by atoms with van der Waals surface area (Å²) in [6.45, 7) is 19.9. The SMILES string of the molecule is CCOc1cc(C(C)(C)C)ccc1C1=N[C@@H](c2ccc(Cl)cc2)[C@@H](c2ccc(Cl)cc2)N1C(=O)N1CCN(CCC(C)(C)C)CC1. The second-order valence-corrected chi connectivity index (χ2v) is 15.5. The van der Waals surface area contributed by atoms with Crippen molar-refractivity contribution in [1.82, 2.24) is 14.7 Å². The van der Waals surface area contributed by atoms with E-state index in [1.165, 1.54) is 0 Å². The number of carbonyl (C=O) groups is 1. The van der Waals surface area contributed by atoms with Crippen LogP contribution in [0.4, 0.5) is 4.79 Å². The van der Waals surface area contributed by atoms with Crippen molar-refractivity contribution < 1.29 is 9.53 Å². The topological polar surface area (TPSA) is 48.4 Å². The number of rotatable bonds is 7. The minimum absolute atomic E-state index is 0.0482. The van der Waals surface area contributed by atoms with E-state index in [0.29, 0.717) is 35.6 Å². The highest BCUT2D eigenvalue weighted by atomic mass is 35.5. The van der Waals surface area contributed by atoms with Gasteiger partial charge in [-0.2, -0.15) is 0 Å². The minimum atomic E-state index is -0.392. The summed E-state index contributed by atoms with van der Waals surface area (Å²) >= 11 is 12.7. The number of amides is 2. The van der Waals surface area contributed by atoms with Gasteiger partial charge in [0.25, 0.3) is 0 Å². The predicted octanol–water partition coefficient (Wildman–Crippen LogP) is 9.41. The third-order valence-electron chi connectivity index (χ3n) is 8.91. The van der Waals surface area contributed by atoms with Gasteiger partial charge in [-0.3, -0.25) is 14.8 Å². The van der Waals surface area contributed by atoms with Crippen molar-refractivity contribution in [1.29, 1.82) is 0 Å². The Morgan fingerprint density at radius 3 is 1.98 bits per heavy atom. The molecule has 6 nitrogen and oxygen atoms in total. The Morgan fingerprint density at radius 2 is 1.43 bits per heavy atom. The number of amidine groups is 1. The molecule has 2 heterocycles. The summed E-state index contributed by atoms with van der Waals surface area (Å²) in [4.78, 5) is 26.6. The van der Waals surface area contributed by atoms with Gasteiger partial charge in [0.1, 0.15) is 17.6 Å². The van der Waals surface area contributed by atoms with Crippen LogP contribution in [0.2, 0.25) is 10.0 Å². The molecule has 0 aliphatic carbocycles. The van der Waals surface area contributed by atoms with Crippen LogP contribution in [0.1, 0.15) is 89.2 Å². The highest BCUT2D eigenvalue weighted by Gasteiger charge is 2.45. The van der Waals surface area contributed by atoms with Crippen molar-refractivity contribution >= 4 is 35.1 Å². The fourth-order valence-corrected chi connectivity index (χ4v) is 6.36. The molecule has 2 atom stereocenters. The first kappa shape index (κ1) is 34.3. The van der Waals surface area contributed by atoms with Crippen molar-refractivity contribution in [2.45, 2.75) is 72.4 Å². The van der Waals surface area contributed by atoms with E-state index in [0.717, 1.165) is 54.1 Å². The van der Waals surface area contributed by atoms with E-state index in [4.69, 9.17) is 32.9 Å². The van der Waals surface area contributed by atoms with Gasteiger partial charge in [0.05, 0.1) is 18.2 Å². The molecule has 46 heavy (non-hydrogen) atoms. The lowest BCUT2D eigenvalue weighted by atomic mass is 9.86. The second kappa shape index (κ2) is 14.0. The monoisotopic (exact) mass is 662 g/mol. The first-order valence-corrected chi connectivity index (χ1v) is 17.2. The van der Waals surface area contributed by atoms with Gasteiger partial charge in [-0.15, -0.1) is 0 Å². The zero-order chi connectivity index (χ0) is 33.2. The standard InChI is InChI=1S/C38H48Cl2N4O2/c1-8-46-32-25-28(38(5,6)7)13-18-31(32)35-41-33(26-9-14-29(39)15-10-26)34(27-11-16-30(40)17-12-27)44(35)36(45)43-23-21-42(22-24-43)20-19-37(2,3)4/h9-18,25,33-34H,8,19-24H2,1-7H3/t33-,34+/m0/s1. The fraction of sp³-hybridized carbons (Fsp3) is 0.474. The Kier molecular flexibility index (Phi) is 10.4. The van der Waals surface area contributed by atoms with Crippen LogP contribution in [0.25, 0.3) is 0 Å². The Bertz CT molecular complexity index is 1530. The molecule has 246 valence electrons. The van der Waals surface area contributed by atoms with Crippen LogP contribution in [0.3, 0.4) is 0 Å². The van der Waals surface area contributed by atoms with Crippen LogP contribution in [0.5, 0.6) is 5.75 Å². The van der Waals surface area contributed by atoms with Crippen molar-refractivity contribution in [3.63, 3.8) is 0 Å². The quantitative estimate of drug-likeness (QED) is 0.253. The van der Waals surface area contributed by atoms with Crippen molar-refractivity contribution in [3.05, 3.63) is 99.0 Å². The largest absolute Gasteiger partial charge is 0.493 e. The highest BCUT2D eigenvalue weighted by molar-refractivity contribution is 6.30. The summed E-state index contributed by atoms with van der Waals surface area (Å²) in [5.41, 5.74) is 4.12. The molecule has 0 N–H and O–H groups in total. The predicted molar refractivity (Wildman–Crippen MR) is 191 cm³/mol. The summed E-state index contributed by atoms with van der Waals surface area (Å²) < 4.78 is 6.27. The second-order valence-electron chi connectivity index (χ2n) is 14.6. The van der Waals surface area contributed by atoms with Crippen LogP contribution < -0.4 is 4.74 Å². The van der Waals surface area contributed by atoms with Gasteiger partial charge < -0.3 is 9.64 Å². The normalized spacial score (nSPS) is 19.4. The number of ether oxygens (including phenoxy) is 1. The van der Waals surface area contributed by atoms with Crippen LogP contribution in [-0.2, 0) is 5.41 Å². The van der Waals surface area contributed by atoms with E-state index in [9.17, 15) is 4.79 Å². The summed E-state index contributed by atoms with van der Waals surface area (Å²) in [5.74, 6) is 1.34. The highest BCUT2D eigenvalue weighted by Crippen LogP contribution is 2.46. The van der Waals surface area contributed by atoms with Crippen LogP contribution in [-0.4, -0.2) is 65.9 Å². The molecule has 8 heteroatoms. The molecule has 0 saturated carbocycles. The molecule has 0 radical (unpaired) electrons. The molecule has 3 aromatic carbocycles. The molecule has 0 bridgehead atoms. The molecule has 0 spiro atoms. The maximum absolute atomic E-state index is 14.8. The smallest absolute Gasteiger partial charge is 0.326 e. The summed E-state index contributed by atoms with van der Waals surface area (Å²) in [5, 5.41) is 1.30. The Labute approximate surface area is 285 Å². The molecule has 1 saturated heterocycles. The molecular weight excluding hydrogens is 615 g/mol. The van der Waals surface area contributed by atoms with Gasteiger partial charge in [-0.25, -0.2) is 4.79 Å². The number of carbonyl (C=O) groups excluding carboxylic acids is 1. The maximum Gasteiger partial charge on any atom is 0.326 e. The third kappa shape index (κ3) is 7.90. The average Bonchev–Trinajstić information content (AvgIpc) is 3.40. The molecule has 2 amide bonds. The Morgan fingerprint density at radius 1 is 0.848 bits per heavy atom. The number of benzene rings is 3. The zero-order valence-electron chi connectivity index (χ0n) is 28.3. The molecule has 0 aromatic heterocycles. The van der Waals surface area contributed by atoms with Crippen molar-refractivity contribution in [2.24, 2.45) is 10.4 Å². The first-order valence-electron chi connectivity index (χ1n) is 16.4. The summed E-state index contributed by atoms with van der Waals surface area (Å²) in [6.07, 6.45) is 1.12. The molecule has 2 aliphatic heterocycles. The number of aliphatic imine (C=N–C) groups is 1. The molecule has 3 aromatic rings. The molecular formula is C38H48Cl2N4O2. The number of hydrogen-bond acceptors (Lipinski definition) is 4. The van der Waals surface area contributed by atoms with E-state index in [2.05, 4.69) is 64.6 Å². The number of piperazine rings is 1. The van der Waals surface area contributed by atoms with Crippen LogP contribution in [0.15, 0.2) is 71.7 Å². The van der Waals surface area contributed by atoms with E-state index in [1.807, 2.05) is 65.3 Å². The number of urea groups is 1. The summed E-state index contributed by atoms with van der Waals surface area (Å²) in [7, 11) is 0. The van der Waals surface area contributed by atoms with E-state index in [1.54, 1.807) is 0 Å². The van der Waals surface area contributed by atoms with Crippen molar-refractivity contribution in [2.75, 3.05) is 39.3 Å². The fourth-order valence-electron chi connectivity index (χ4n) is 6.11. The number of nitrogens with zero attached hydrogens (tertiary/aromatic N) is 4. The minimum Gasteiger partial charge on any atom is -0.493 e. The Hall–Kier alpha value is -3.06. The van der Waals surface area contributed by atoms with Gasteiger partial charge in [0, 0.05) is 36.2 Å². The first-order chi connectivity index (χ1) is 21.7. The van der Waals surface area contributed by atoms with Gasteiger partial charge in [0.15, 0.2) is 0 Å². The summed E-state index contributed by atoms with van der Waals surface area (Å²) in [6, 6.07) is 21.1. The lowest BCUT2D eigenvalue weighted by Crippen LogP contribution is -2.54. The van der Waals surface area contributed by atoms with E-state index in [-0.39, 0.29) is 22.9 Å². The zero-order valence-corrected chi connectivity index (χ0v) is 29.8. The number of hydrogen-bond donors (Lipinski definition) is 0. The Balaban J connectivity index is 1.59. The lowest BCUT2D eigenvalue weighted by molar-refractivity contribution is 0.113. The van der Waals surface area contributed by atoms with E-state index < -0.39 is 6.04 Å². The van der Waals surface area contributed by atoms with Crippen LogP contribution in [0, 0.1) is 5.41 Å². The molecule has 1 fully saturated rings. The van der Waals surface area contributed by atoms with Gasteiger partial charge in [-0.05, 0) is 83.8 Å². The van der Waals surface area contributed by atoms with Gasteiger partial charge in [0.2, 0.25) is 0 Å². The van der Waals surface area contributed by atoms with Crippen molar-refractivity contribution in [3.8, 4) is 5.75 Å². The van der Waals surface area contributed by atoms with E-state index >= 15 is 0 Å². The molecule has 0 unspecified atom stereocenters.